The number of imidazole rings is 1. The number of halogens is 2. The van der Waals surface area contributed by atoms with Crippen molar-refractivity contribution in [2.24, 2.45) is 5.92 Å². The molecule has 1 saturated heterocycles. The third kappa shape index (κ3) is 6.62. The molecule has 2 aromatic heterocycles. The van der Waals surface area contributed by atoms with Crippen LogP contribution in [0.4, 0.5) is 20.5 Å². The summed E-state index contributed by atoms with van der Waals surface area (Å²) in [6, 6.07) is 9.43. The van der Waals surface area contributed by atoms with Crippen LogP contribution in [-0.4, -0.2) is 86.6 Å². The number of rotatable bonds is 10. The third-order valence-electron chi connectivity index (χ3n) is 8.76. The molecule has 1 saturated carbocycles. The summed E-state index contributed by atoms with van der Waals surface area (Å²) in [7, 11) is 0. The molecule has 0 spiro atoms. The van der Waals surface area contributed by atoms with Crippen molar-refractivity contribution in [1.29, 1.82) is 0 Å². The van der Waals surface area contributed by atoms with Crippen LogP contribution < -0.4 is 10.2 Å². The summed E-state index contributed by atoms with van der Waals surface area (Å²) in [6.45, 7) is 12.2. The number of aromatic nitrogens is 4. The molecule has 3 aromatic rings. The molecule has 0 bridgehead atoms. The van der Waals surface area contributed by atoms with Crippen molar-refractivity contribution in [3.05, 3.63) is 36.2 Å². The number of nitrogens with one attached hydrogen (secondary N) is 1. The Labute approximate surface area is 240 Å². The zero-order valence-electron chi connectivity index (χ0n) is 24.6. The average Bonchev–Trinajstić information content (AvgIpc) is 3.37. The van der Waals surface area contributed by atoms with Gasteiger partial charge >= 0.3 is 0 Å². The van der Waals surface area contributed by atoms with Gasteiger partial charge in [0.1, 0.15) is 11.6 Å². The first-order valence-electron chi connectivity index (χ1n) is 14.8. The van der Waals surface area contributed by atoms with Gasteiger partial charge in [0, 0.05) is 37.8 Å². The van der Waals surface area contributed by atoms with E-state index in [-0.39, 0.29) is 11.9 Å². The van der Waals surface area contributed by atoms with Crippen LogP contribution in [0, 0.1) is 5.92 Å². The minimum atomic E-state index is -2.75. The highest BCUT2D eigenvalue weighted by atomic mass is 19.3. The molecule has 2 N–H and O–H groups in total. The zero-order valence-corrected chi connectivity index (χ0v) is 24.6. The topological polar surface area (TPSA) is 91.6 Å². The Hall–Kier alpha value is -2.89. The summed E-state index contributed by atoms with van der Waals surface area (Å²) in [5.41, 5.74) is 0.333. The van der Waals surface area contributed by atoms with Crippen molar-refractivity contribution in [2.45, 2.75) is 77.5 Å². The lowest BCUT2D eigenvalue weighted by Gasteiger charge is -2.43. The van der Waals surface area contributed by atoms with Crippen molar-refractivity contribution in [3.63, 3.8) is 0 Å². The normalized spacial score (nSPS) is 21.1. The molecule has 9 nitrogen and oxygen atoms in total. The van der Waals surface area contributed by atoms with Crippen molar-refractivity contribution in [2.75, 3.05) is 49.6 Å². The summed E-state index contributed by atoms with van der Waals surface area (Å²) in [5, 5.41) is 14.0. The molecule has 1 unspecified atom stereocenters. The highest BCUT2D eigenvalue weighted by Crippen LogP contribution is 2.32. The van der Waals surface area contributed by atoms with Gasteiger partial charge in [-0.3, -0.25) is 9.47 Å². The van der Waals surface area contributed by atoms with E-state index in [2.05, 4.69) is 33.9 Å². The number of ether oxygens (including phenoxy) is 1. The van der Waals surface area contributed by atoms with Crippen LogP contribution in [0.3, 0.4) is 0 Å². The first-order chi connectivity index (χ1) is 19.7. The molecule has 41 heavy (non-hydrogen) atoms. The molecule has 1 aliphatic heterocycles. The number of likely N-dealkylation sites (N-methyl/N-ethyl adjacent to an activating group) is 1. The third-order valence-corrected chi connectivity index (χ3v) is 8.76. The van der Waals surface area contributed by atoms with Gasteiger partial charge in [-0.1, -0.05) is 19.1 Å². The monoisotopic (exact) mass is 571 g/mol. The predicted molar refractivity (Wildman–Crippen MR) is 157 cm³/mol. The number of benzene rings is 1. The van der Waals surface area contributed by atoms with E-state index in [9.17, 15) is 13.9 Å². The van der Waals surface area contributed by atoms with E-state index >= 15 is 0 Å². The number of nitrogens with zero attached hydrogens (tertiary/aromatic N) is 6. The first-order valence-corrected chi connectivity index (χ1v) is 14.8. The van der Waals surface area contributed by atoms with Crippen LogP contribution in [0.25, 0.3) is 16.9 Å². The van der Waals surface area contributed by atoms with E-state index in [0.29, 0.717) is 73.4 Å². The number of alkyl halides is 2. The summed E-state index contributed by atoms with van der Waals surface area (Å²) in [6.07, 6.45) is 1.51. The maximum absolute atomic E-state index is 14.1. The number of para-hydroxylation sites is 2. The van der Waals surface area contributed by atoms with Gasteiger partial charge in [0.15, 0.2) is 5.82 Å². The first kappa shape index (κ1) is 29.6. The van der Waals surface area contributed by atoms with Crippen LogP contribution in [0.2, 0.25) is 0 Å². The van der Waals surface area contributed by atoms with E-state index in [1.165, 1.54) is 4.57 Å². The number of fused-ring (bicyclic) bond motifs is 1. The molecule has 224 valence electrons. The Bertz CT molecular complexity index is 1300. The standard InChI is InChI=1S/C30H43F2N7O2/c1-5-38(20(2)30(3,4)40)22-12-10-21(11-13-22)19-33-29-35-25(37-14-16-41-17-15-37)18-26(36-29)39-24-9-7-6-8-23(24)34-28(39)27(31)32/h6-9,18,20-22,27,40H,5,10-17,19H2,1-4H3,(H,33,35,36). The van der Waals surface area contributed by atoms with Crippen LogP contribution in [0.15, 0.2) is 30.3 Å². The van der Waals surface area contributed by atoms with Gasteiger partial charge < -0.3 is 20.1 Å². The van der Waals surface area contributed by atoms with Gasteiger partial charge in [0.05, 0.1) is 29.8 Å². The number of hydrogen-bond donors (Lipinski definition) is 2. The fourth-order valence-electron chi connectivity index (χ4n) is 6.17. The van der Waals surface area contributed by atoms with Gasteiger partial charge in [-0.15, -0.1) is 0 Å². The Balaban J connectivity index is 1.36. The molecule has 1 aliphatic carbocycles. The summed E-state index contributed by atoms with van der Waals surface area (Å²) in [4.78, 5) is 18.3. The van der Waals surface area contributed by atoms with Gasteiger partial charge in [0.2, 0.25) is 5.95 Å². The van der Waals surface area contributed by atoms with Crippen molar-refractivity contribution >= 4 is 22.8 Å². The van der Waals surface area contributed by atoms with Crippen LogP contribution >= 0.6 is 0 Å². The molecule has 0 radical (unpaired) electrons. The maximum atomic E-state index is 14.1. The molecule has 2 fully saturated rings. The minimum Gasteiger partial charge on any atom is -0.389 e. The highest BCUT2D eigenvalue weighted by molar-refractivity contribution is 5.78. The SMILES string of the molecule is CCN(C1CCC(CNc2nc(N3CCOCC3)cc(-n3c(C(F)F)nc4ccccc43)n2)CC1)C(C)C(C)(C)O. The largest absolute Gasteiger partial charge is 0.389 e. The minimum absolute atomic E-state index is 0.0827. The number of morpholine rings is 1. The molecular formula is C30H43F2N7O2. The lowest BCUT2D eigenvalue weighted by atomic mass is 9.84. The molecule has 0 amide bonds. The Morgan fingerprint density at radius 2 is 1.76 bits per heavy atom. The maximum Gasteiger partial charge on any atom is 0.296 e. The van der Waals surface area contributed by atoms with Gasteiger partial charge in [0.25, 0.3) is 6.43 Å². The quantitative estimate of drug-likeness (QED) is 0.350. The van der Waals surface area contributed by atoms with Crippen molar-refractivity contribution in [1.82, 2.24) is 24.4 Å². The second-order valence-electron chi connectivity index (χ2n) is 11.8. The van der Waals surface area contributed by atoms with Crippen LogP contribution in [-0.2, 0) is 4.74 Å². The fourth-order valence-corrected chi connectivity index (χ4v) is 6.17. The Morgan fingerprint density at radius 3 is 2.41 bits per heavy atom. The number of anilines is 2. The zero-order chi connectivity index (χ0) is 29.1. The molecule has 11 heteroatoms. The van der Waals surface area contributed by atoms with Crippen molar-refractivity contribution < 1.29 is 18.6 Å². The highest BCUT2D eigenvalue weighted by Gasteiger charge is 2.34. The molecule has 1 aromatic carbocycles. The van der Waals surface area contributed by atoms with Gasteiger partial charge in [-0.25, -0.2) is 13.8 Å². The summed E-state index contributed by atoms with van der Waals surface area (Å²) < 4.78 is 35.3. The average molecular weight is 572 g/mol. The Kier molecular flexibility index (Phi) is 9.06. The van der Waals surface area contributed by atoms with Crippen LogP contribution in [0.5, 0.6) is 0 Å². The fraction of sp³-hybridized carbons (Fsp3) is 0.633. The summed E-state index contributed by atoms with van der Waals surface area (Å²) >= 11 is 0. The molecule has 5 rings (SSSR count). The second kappa shape index (κ2) is 12.5. The van der Waals surface area contributed by atoms with E-state index in [4.69, 9.17) is 14.7 Å². The molecule has 1 atom stereocenters. The molecule has 2 aliphatic rings. The lowest BCUT2D eigenvalue weighted by molar-refractivity contribution is -0.0342. The molecular weight excluding hydrogens is 528 g/mol. The smallest absolute Gasteiger partial charge is 0.296 e. The van der Waals surface area contributed by atoms with Gasteiger partial charge in [-0.05, 0) is 71.0 Å². The van der Waals surface area contributed by atoms with Crippen molar-refractivity contribution in [3.8, 4) is 5.82 Å². The van der Waals surface area contributed by atoms with E-state index in [0.717, 1.165) is 32.2 Å². The van der Waals surface area contributed by atoms with E-state index in [1.807, 2.05) is 19.9 Å². The molecule has 3 heterocycles. The Morgan fingerprint density at radius 1 is 1.07 bits per heavy atom. The number of aliphatic hydroxyl groups is 1. The lowest BCUT2D eigenvalue weighted by Crippen LogP contribution is -2.52. The second-order valence-corrected chi connectivity index (χ2v) is 11.8. The van der Waals surface area contributed by atoms with E-state index in [1.54, 1.807) is 24.3 Å². The van der Waals surface area contributed by atoms with Gasteiger partial charge in [-0.2, -0.15) is 9.97 Å². The van der Waals surface area contributed by atoms with E-state index < -0.39 is 12.0 Å². The summed E-state index contributed by atoms with van der Waals surface area (Å²) in [5.74, 6) is 1.60. The predicted octanol–water partition coefficient (Wildman–Crippen LogP) is 5.04. The van der Waals surface area contributed by atoms with Crippen LogP contribution in [0.1, 0.15) is 65.6 Å². The number of hydrogen-bond acceptors (Lipinski definition) is 8.